The molecule has 2 aromatic rings. The molecular weight excluding hydrogens is 385 g/mol. The SMILES string of the molecule is CC(CC(=O)Nc1cccc(Oc2ccccn2)c1)C1CCCNC1.Cl.Cl. The van der Waals surface area contributed by atoms with E-state index in [1.54, 1.807) is 12.3 Å². The summed E-state index contributed by atoms with van der Waals surface area (Å²) in [6, 6.07) is 12.9. The molecule has 0 bridgehead atoms. The minimum absolute atomic E-state index is 0. The first-order valence-electron chi connectivity index (χ1n) is 8.90. The van der Waals surface area contributed by atoms with Crippen molar-refractivity contribution in [3.05, 3.63) is 48.7 Å². The number of ether oxygens (including phenoxy) is 1. The van der Waals surface area contributed by atoms with Gasteiger partial charge in [0.05, 0.1) is 0 Å². The van der Waals surface area contributed by atoms with Crippen LogP contribution in [0.3, 0.4) is 0 Å². The molecule has 0 aliphatic carbocycles. The molecule has 7 heteroatoms. The van der Waals surface area contributed by atoms with Crippen molar-refractivity contribution < 1.29 is 9.53 Å². The molecule has 1 aliphatic heterocycles. The lowest BCUT2D eigenvalue weighted by Crippen LogP contribution is -2.34. The summed E-state index contributed by atoms with van der Waals surface area (Å²) in [5.41, 5.74) is 0.743. The maximum Gasteiger partial charge on any atom is 0.224 e. The lowest BCUT2D eigenvalue weighted by atomic mass is 9.85. The first-order chi connectivity index (χ1) is 12.2. The number of nitrogens with zero attached hydrogens (tertiary/aromatic N) is 1. The van der Waals surface area contributed by atoms with E-state index in [9.17, 15) is 4.79 Å². The molecule has 1 aliphatic rings. The number of carbonyl (C=O) groups is 1. The number of pyridine rings is 1. The van der Waals surface area contributed by atoms with Crippen molar-refractivity contribution in [2.45, 2.75) is 26.2 Å². The van der Waals surface area contributed by atoms with E-state index >= 15 is 0 Å². The van der Waals surface area contributed by atoms with E-state index in [1.807, 2.05) is 36.4 Å². The number of nitrogens with one attached hydrogen (secondary N) is 2. The van der Waals surface area contributed by atoms with Crippen LogP contribution < -0.4 is 15.4 Å². The Kier molecular flexibility index (Phi) is 10.1. The molecule has 2 heterocycles. The third-order valence-corrected chi connectivity index (χ3v) is 4.63. The number of hydrogen-bond donors (Lipinski definition) is 2. The lowest BCUT2D eigenvalue weighted by molar-refractivity contribution is -0.117. The minimum atomic E-state index is 0. The number of piperidine rings is 1. The summed E-state index contributed by atoms with van der Waals surface area (Å²) >= 11 is 0. The molecule has 2 atom stereocenters. The Morgan fingerprint density at radius 3 is 2.85 bits per heavy atom. The molecule has 0 saturated carbocycles. The third-order valence-electron chi connectivity index (χ3n) is 4.63. The van der Waals surface area contributed by atoms with Gasteiger partial charge in [0, 0.05) is 30.4 Å². The number of rotatable bonds is 6. The van der Waals surface area contributed by atoms with Crippen LogP contribution in [0, 0.1) is 11.8 Å². The average Bonchev–Trinajstić information content (AvgIpc) is 2.63. The van der Waals surface area contributed by atoms with E-state index in [2.05, 4.69) is 22.5 Å². The van der Waals surface area contributed by atoms with Gasteiger partial charge in [0.25, 0.3) is 0 Å². The fourth-order valence-corrected chi connectivity index (χ4v) is 3.20. The fraction of sp³-hybridized carbons (Fsp3) is 0.400. The van der Waals surface area contributed by atoms with E-state index in [1.165, 1.54) is 12.8 Å². The fourth-order valence-electron chi connectivity index (χ4n) is 3.20. The van der Waals surface area contributed by atoms with Gasteiger partial charge < -0.3 is 15.4 Å². The molecule has 0 radical (unpaired) electrons. The molecular formula is C20H27Cl2N3O2. The highest BCUT2D eigenvalue weighted by atomic mass is 35.5. The average molecular weight is 412 g/mol. The number of benzene rings is 1. The zero-order valence-corrected chi connectivity index (χ0v) is 17.0. The van der Waals surface area contributed by atoms with Gasteiger partial charge in [0.1, 0.15) is 5.75 Å². The highest BCUT2D eigenvalue weighted by Crippen LogP contribution is 2.25. The van der Waals surface area contributed by atoms with Gasteiger partial charge in [-0.05, 0) is 56.0 Å². The zero-order valence-electron chi connectivity index (χ0n) is 15.4. The summed E-state index contributed by atoms with van der Waals surface area (Å²) in [4.78, 5) is 16.5. The van der Waals surface area contributed by atoms with Gasteiger partial charge in [-0.25, -0.2) is 4.98 Å². The number of carbonyl (C=O) groups excluding carboxylic acids is 1. The van der Waals surface area contributed by atoms with E-state index < -0.39 is 0 Å². The van der Waals surface area contributed by atoms with Crippen molar-refractivity contribution >= 4 is 36.4 Å². The molecule has 0 spiro atoms. The molecule has 3 rings (SSSR count). The smallest absolute Gasteiger partial charge is 0.224 e. The molecule has 2 N–H and O–H groups in total. The number of amides is 1. The van der Waals surface area contributed by atoms with Crippen molar-refractivity contribution in [1.82, 2.24) is 10.3 Å². The van der Waals surface area contributed by atoms with Crippen LogP contribution in [0.4, 0.5) is 5.69 Å². The van der Waals surface area contributed by atoms with Gasteiger partial charge in [-0.1, -0.05) is 19.1 Å². The number of halogens is 2. The second kappa shape index (κ2) is 11.8. The normalized spacial score (nSPS) is 17.0. The largest absolute Gasteiger partial charge is 0.439 e. The van der Waals surface area contributed by atoms with Crippen molar-refractivity contribution in [1.29, 1.82) is 0 Å². The maximum absolute atomic E-state index is 12.4. The molecule has 2 unspecified atom stereocenters. The van der Waals surface area contributed by atoms with Crippen molar-refractivity contribution in [3.8, 4) is 11.6 Å². The van der Waals surface area contributed by atoms with Crippen LogP contribution in [0.2, 0.25) is 0 Å². The van der Waals surface area contributed by atoms with Gasteiger partial charge >= 0.3 is 0 Å². The second-order valence-corrected chi connectivity index (χ2v) is 6.63. The van der Waals surface area contributed by atoms with Gasteiger partial charge in [-0.3, -0.25) is 4.79 Å². The predicted molar refractivity (Wildman–Crippen MR) is 113 cm³/mol. The van der Waals surface area contributed by atoms with Gasteiger partial charge in [-0.15, -0.1) is 24.8 Å². The van der Waals surface area contributed by atoms with Crippen LogP contribution in [0.25, 0.3) is 0 Å². The predicted octanol–water partition coefficient (Wildman–Crippen LogP) is 4.68. The molecule has 1 amide bonds. The monoisotopic (exact) mass is 411 g/mol. The van der Waals surface area contributed by atoms with Crippen molar-refractivity contribution in [2.24, 2.45) is 11.8 Å². The number of anilines is 1. The molecule has 5 nitrogen and oxygen atoms in total. The Labute approximate surface area is 173 Å². The van der Waals surface area contributed by atoms with E-state index in [0.29, 0.717) is 29.9 Å². The Bertz CT molecular complexity index is 695. The van der Waals surface area contributed by atoms with Crippen LogP contribution in [0.5, 0.6) is 11.6 Å². The molecule has 27 heavy (non-hydrogen) atoms. The van der Waals surface area contributed by atoms with E-state index in [0.717, 1.165) is 18.8 Å². The minimum Gasteiger partial charge on any atom is -0.439 e. The van der Waals surface area contributed by atoms with Crippen LogP contribution in [-0.4, -0.2) is 24.0 Å². The van der Waals surface area contributed by atoms with Crippen molar-refractivity contribution in [3.63, 3.8) is 0 Å². The Balaban J connectivity index is 0.00000182. The topological polar surface area (TPSA) is 63.2 Å². The summed E-state index contributed by atoms with van der Waals surface area (Å²) in [5, 5.41) is 6.39. The van der Waals surface area contributed by atoms with Gasteiger partial charge in [-0.2, -0.15) is 0 Å². The summed E-state index contributed by atoms with van der Waals surface area (Å²) < 4.78 is 5.71. The van der Waals surface area contributed by atoms with Gasteiger partial charge in [0.2, 0.25) is 11.8 Å². The van der Waals surface area contributed by atoms with Crippen LogP contribution >= 0.6 is 24.8 Å². The molecule has 1 aromatic carbocycles. The molecule has 148 valence electrons. The Morgan fingerprint density at radius 1 is 1.30 bits per heavy atom. The highest BCUT2D eigenvalue weighted by molar-refractivity contribution is 5.91. The Morgan fingerprint density at radius 2 is 2.15 bits per heavy atom. The highest BCUT2D eigenvalue weighted by Gasteiger charge is 2.22. The summed E-state index contributed by atoms with van der Waals surface area (Å²) in [6.07, 6.45) is 4.62. The quantitative estimate of drug-likeness (QED) is 0.723. The van der Waals surface area contributed by atoms with Crippen LogP contribution in [-0.2, 0) is 4.79 Å². The number of aromatic nitrogens is 1. The van der Waals surface area contributed by atoms with Crippen LogP contribution in [0.15, 0.2) is 48.7 Å². The Hall–Kier alpha value is -1.82. The van der Waals surface area contributed by atoms with Crippen molar-refractivity contribution in [2.75, 3.05) is 18.4 Å². The third kappa shape index (κ3) is 7.37. The first kappa shape index (κ1) is 23.2. The van der Waals surface area contributed by atoms with Crippen LogP contribution in [0.1, 0.15) is 26.2 Å². The lowest BCUT2D eigenvalue weighted by Gasteiger charge is -2.28. The molecule has 1 saturated heterocycles. The molecule has 1 aromatic heterocycles. The summed E-state index contributed by atoms with van der Waals surface area (Å²) in [6.45, 7) is 4.28. The molecule has 1 fully saturated rings. The maximum atomic E-state index is 12.4. The zero-order chi connectivity index (χ0) is 17.5. The second-order valence-electron chi connectivity index (χ2n) is 6.63. The number of hydrogen-bond acceptors (Lipinski definition) is 4. The standard InChI is InChI=1S/C20H25N3O2.2ClH/c1-15(16-6-5-10-21-14-16)12-19(24)23-17-7-4-8-18(13-17)25-20-9-2-3-11-22-20;;/h2-4,7-9,11,13,15-16,21H,5-6,10,12,14H2,1H3,(H,23,24);2*1H. The first-order valence-corrected chi connectivity index (χ1v) is 8.90. The van der Waals surface area contributed by atoms with Gasteiger partial charge in [0.15, 0.2) is 0 Å². The van der Waals surface area contributed by atoms with E-state index in [-0.39, 0.29) is 30.7 Å². The van der Waals surface area contributed by atoms with E-state index in [4.69, 9.17) is 4.74 Å². The summed E-state index contributed by atoms with van der Waals surface area (Å²) in [5.74, 6) is 2.19. The summed E-state index contributed by atoms with van der Waals surface area (Å²) in [7, 11) is 0.